The highest BCUT2D eigenvalue weighted by molar-refractivity contribution is 5.82. The fraction of sp³-hybridized carbons (Fsp3) is 0.438. The van der Waals surface area contributed by atoms with Crippen LogP contribution in [0.3, 0.4) is 0 Å². The number of carbonyl (C=O) groups is 1. The summed E-state index contributed by atoms with van der Waals surface area (Å²) in [5.41, 5.74) is 3.12. The van der Waals surface area contributed by atoms with Gasteiger partial charge in [-0.1, -0.05) is 11.6 Å². The monoisotopic (exact) mass is 285 g/mol. The molecule has 1 aromatic heterocycles. The van der Waals surface area contributed by atoms with E-state index >= 15 is 0 Å². The Hall–Kier alpha value is -2.17. The highest BCUT2D eigenvalue weighted by atomic mass is 16.4. The smallest absolute Gasteiger partial charge is 0.306 e. The first-order valence-corrected chi connectivity index (χ1v) is 7.27. The maximum absolute atomic E-state index is 11.0. The molecule has 0 aliphatic carbocycles. The third kappa shape index (κ3) is 2.68. The van der Waals surface area contributed by atoms with E-state index in [0.29, 0.717) is 31.9 Å². The summed E-state index contributed by atoms with van der Waals surface area (Å²) >= 11 is 0. The summed E-state index contributed by atoms with van der Waals surface area (Å²) < 4.78 is 0. The molecule has 5 nitrogen and oxygen atoms in total. The summed E-state index contributed by atoms with van der Waals surface area (Å²) in [5.74, 6) is -0.209. The van der Waals surface area contributed by atoms with E-state index in [1.165, 1.54) is 5.56 Å². The molecular formula is C16H19N3O2. The summed E-state index contributed by atoms with van der Waals surface area (Å²) in [7, 11) is 0. The van der Waals surface area contributed by atoms with Gasteiger partial charge in [0.15, 0.2) is 0 Å². The van der Waals surface area contributed by atoms with Crippen LogP contribution in [0.15, 0.2) is 18.2 Å². The van der Waals surface area contributed by atoms with Gasteiger partial charge < -0.3 is 10.0 Å². The molecule has 0 bridgehead atoms. The Balaban J connectivity index is 1.88. The molecule has 1 aliphatic rings. The minimum Gasteiger partial charge on any atom is -0.481 e. The fourth-order valence-electron chi connectivity index (χ4n) is 2.85. The van der Waals surface area contributed by atoms with Crippen LogP contribution >= 0.6 is 0 Å². The Bertz CT molecular complexity index is 691. The third-order valence-electron chi connectivity index (χ3n) is 4.16. The van der Waals surface area contributed by atoms with Gasteiger partial charge in [0.1, 0.15) is 0 Å². The van der Waals surface area contributed by atoms with E-state index in [-0.39, 0.29) is 5.92 Å². The lowest BCUT2D eigenvalue weighted by Gasteiger charge is -2.30. The molecular weight excluding hydrogens is 266 g/mol. The van der Waals surface area contributed by atoms with Crippen molar-refractivity contribution in [3.05, 3.63) is 29.5 Å². The first kappa shape index (κ1) is 13.8. The predicted molar refractivity (Wildman–Crippen MR) is 81.6 cm³/mol. The molecule has 0 spiro atoms. The number of hydrogen-bond acceptors (Lipinski definition) is 4. The summed E-state index contributed by atoms with van der Waals surface area (Å²) in [6.45, 7) is 5.46. The highest BCUT2D eigenvalue weighted by Gasteiger charge is 2.25. The first-order chi connectivity index (χ1) is 10.0. The number of carboxylic acid groups (broad SMARTS) is 1. The number of fused-ring (bicyclic) bond motifs is 1. The average Bonchev–Trinajstić information content (AvgIpc) is 2.48. The van der Waals surface area contributed by atoms with Gasteiger partial charge >= 0.3 is 5.97 Å². The lowest BCUT2D eigenvalue weighted by molar-refractivity contribution is -0.142. The Morgan fingerprint density at radius 1 is 1.24 bits per heavy atom. The first-order valence-electron chi connectivity index (χ1n) is 7.27. The van der Waals surface area contributed by atoms with Crippen molar-refractivity contribution in [1.29, 1.82) is 0 Å². The number of carboxylic acids is 1. The largest absolute Gasteiger partial charge is 0.481 e. The number of anilines is 1. The molecule has 21 heavy (non-hydrogen) atoms. The molecule has 0 unspecified atom stereocenters. The van der Waals surface area contributed by atoms with Gasteiger partial charge in [0.05, 0.1) is 17.1 Å². The summed E-state index contributed by atoms with van der Waals surface area (Å²) in [5, 5.41) is 10.1. The molecule has 1 aliphatic heterocycles. The molecule has 1 fully saturated rings. The van der Waals surface area contributed by atoms with Gasteiger partial charge in [0, 0.05) is 18.5 Å². The summed E-state index contributed by atoms with van der Waals surface area (Å²) in [6, 6.07) is 6.17. The number of nitrogens with zero attached hydrogens (tertiary/aromatic N) is 3. The van der Waals surface area contributed by atoms with E-state index in [2.05, 4.69) is 33.9 Å². The van der Waals surface area contributed by atoms with Crippen LogP contribution in [0.4, 0.5) is 5.95 Å². The van der Waals surface area contributed by atoms with E-state index in [1.807, 2.05) is 13.0 Å². The summed E-state index contributed by atoms with van der Waals surface area (Å²) in [4.78, 5) is 22.3. The number of aliphatic carboxylic acids is 1. The van der Waals surface area contributed by atoms with Crippen molar-refractivity contribution in [1.82, 2.24) is 9.97 Å². The molecule has 2 aromatic rings. The lowest BCUT2D eigenvalue weighted by atomic mass is 9.97. The van der Waals surface area contributed by atoms with E-state index in [0.717, 1.165) is 16.6 Å². The predicted octanol–water partition coefficient (Wildman–Crippen LogP) is 2.55. The second-order valence-electron chi connectivity index (χ2n) is 5.73. The van der Waals surface area contributed by atoms with E-state index in [9.17, 15) is 4.79 Å². The number of aromatic nitrogens is 2. The Morgan fingerprint density at radius 2 is 1.95 bits per heavy atom. The van der Waals surface area contributed by atoms with Gasteiger partial charge in [-0.05, 0) is 38.8 Å². The molecule has 1 aromatic carbocycles. The molecule has 1 saturated heterocycles. The zero-order valence-corrected chi connectivity index (χ0v) is 12.3. The summed E-state index contributed by atoms with van der Waals surface area (Å²) in [6.07, 6.45) is 1.31. The minimum atomic E-state index is -0.694. The molecule has 0 atom stereocenters. The maximum Gasteiger partial charge on any atom is 0.306 e. The van der Waals surface area contributed by atoms with E-state index in [1.54, 1.807) is 0 Å². The van der Waals surface area contributed by atoms with E-state index < -0.39 is 5.97 Å². The maximum atomic E-state index is 11.0. The van der Waals surface area contributed by atoms with Crippen LogP contribution in [0.5, 0.6) is 0 Å². The van der Waals surface area contributed by atoms with Crippen molar-refractivity contribution >= 4 is 22.8 Å². The van der Waals surface area contributed by atoms with Gasteiger partial charge in [0.2, 0.25) is 5.95 Å². The van der Waals surface area contributed by atoms with Gasteiger partial charge in [-0.15, -0.1) is 0 Å². The SMILES string of the molecule is Cc1ccc2nc(N3CCC(C(=O)O)CC3)nc(C)c2c1. The number of hydrogen-bond donors (Lipinski definition) is 1. The molecule has 0 saturated carbocycles. The third-order valence-corrected chi connectivity index (χ3v) is 4.16. The van der Waals surface area contributed by atoms with Crippen molar-refractivity contribution in [2.24, 2.45) is 5.92 Å². The van der Waals surface area contributed by atoms with Crippen molar-refractivity contribution in [3.63, 3.8) is 0 Å². The number of piperidine rings is 1. The van der Waals surface area contributed by atoms with Crippen LogP contribution in [0.2, 0.25) is 0 Å². The normalized spacial score (nSPS) is 16.4. The van der Waals surface area contributed by atoms with E-state index in [4.69, 9.17) is 5.11 Å². The molecule has 3 rings (SSSR count). The quantitative estimate of drug-likeness (QED) is 0.918. The Labute approximate surface area is 123 Å². The van der Waals surface area contributed by atoms with Crippen molar-refractivity contribution in [2.45, 2.75) is 26.7 Å². The lowest BCUT2D eigenvalue weighted by Crippen LogP contribution is -2.37. The van der Waals surface area contributed by atoms with Crippen LogP contribution in [0.25, 0.3) is 10.9 Å². The van der Waals surface area contributed by atoms with Crippen LogP contribution in [-0.4, -0.2) is 34.1 Å². The molecule has 110 valence electrons. The Morgan fingerprint density at radius 3 is 2.62 bits per heavy atom. The standard InChI is InChI=1S/C16H19N3O2/c1-10-3-4-14-13(9-10)11(2)17-16(18-14)19-7-5-12(6-8-19)15(20)21/h3-4,9,12H,5-8H2,1-2H3,(H,20,21). The molecule has 1 N–H and O–H groups in total. The fourth-order valence-corrected chi connectivity index (χ4v) is 2.85. The zero-order chi connectivity index (χ0) is 15.0. The second-order valence-corrected chi connectivity index (χ2v) is 5.73. The average molecular weight is 285 g/mol. The van der Waals surface area contributed by atoms with Crippen LogP contribution < -0.4 is 4.90 Å². The molecule has 5 heteroatoms. The number of benzene rings is 1. The topological polar surface area (TPSA) is 66.3 Å². The molecule has 0 radical (unpaired) electrons. The van der Waals surface area contributed by atoms with Crippen LogP contribution in [0.1, 0.15) is 24.1 Å². The molecule has 2 heterocycles. The van der Waals surface area contributed by atoms with Crippen molar-refractivity contribution < 1.29 is 9.90 Å². The van der Waals surface area contributed by atoms with Gasteiger partial charge in [-0.3, -0.25) is 4.79 Å². The number of aryl methyl sites for hydroxylation is 2. The van der Waals surface area contributed by atoms with Crippen LogP contribution in [-0.2, 0) is 4.79 Å². The highest BCUT2D eigenvalue weighted by Crippen LogP contribution is 2.24. The molecule has 0 amide bonds. The minimum absolute atomic E-state index is 0.231. The Kier molecular flexibility index (Phi) is 3.49. The second kappa shape index (κ2) is 5.31. The van der Waals surface area contributed by atoms with Gasteiger partial charge in [0.25, 0.3) is 0 Å². The van der Waals surface area contributed by atoms with Gasteiger partial charge in [-0.25, -0.2) is 9.97 Å². The van der Waals surface area contributed by atoms with Crippen molar-refractivity contribution in [2.75, 3.05) is 18.0 Å². The van der Waals surface area contributed by atoms with Crippen LogP contribution in [0, 0.1) is 19.8 Å². The number of rotatable bonds is 2. The van der Waals surface area contributed by atoms with Gasteiger partial charge in [-0.2, -0.15) is 0 Å². The van der Waals surface area contributed by atoms with Crippen molar-refractivity contribution in [3.8, 4) is 0 Å². The zero-order valence-electron chi connectivity index (χ0n) is 12.3.